The second kappa shape index (κ2) is 5.71. The molecule has 0 saturated heterocycles. The van der Waals surface area contributed by atoms with Crippen molar-refractivity contribution in [3.8, 4) is 5.69 Å². The summed E-state index contributed by atoms with van der Waals surface area (Å²) in [7, 11) is 1.92. The van der Waals surface area contributed by atoms with Crippen molar-refractivity contribution in [2.75, 3.05) is 7.05 Å². The van der Waals surface area contributed by atoms with Crippen molar-refractivity contribution in [3.05, 3.63) is 34.7 Å². The van der Waals surface area contributed by atoms with Crippen LogP contribution in [-0.4, -0.2) is 26.8 Å². The zero-order chi connectivity index (χ0) is 14.9. The van der Waals surface area contributed by atoms with Crippen LogP contribution in [0, 0.1) is 20.8 Å². The van der Waals surface area contributed by atoms with E-state index in [1.54, 1.807) is 0 Å². The fraction of sp³-hybridized carbons (Fsp3) is 0.533. The van der Waals surface area contributed by atoms with Crippen molar-refractivity contribution < 1.29 is 0 Å². The van der Waals surface area contributed by atoms with E-state index >= 15 is 0 Å². The second-order valence-electron chi connectivity index (χ2n) is 5.45. The summed E-state index contributed by atoms with van der Waals surface area (Å²) in [4.78, 5) is 9.16. The van der Waals surface area contributed by atoms with Crippen LogP contribution in [0.5, 0.6) is 0 Å². The Bertz CT molecular complexity index is 613. The minimum absolute atomic E-state index is 0.321. The van der Waals surface area contributed by atoms with E-state index in [0.717, 1.165) is 28.6 Å². The first-order chi connectivity index (χ1) is 9.45. The molecule has 0 aliphatic heterocycles. The summed E-state index contributed by atoms with van der Waals surface area (Å²) in [6.45, 7) is 11.1. The molecule has 2 aromatic rings. The average molecular weight is 273 g/mol. The zero-order valence-electron chi connectivity index (χ0n) is 13.2. The van der Waals surface area contributed by atoms with E-state index < -0.39 is 0 Å². The van der Waals surface area contributed by atoms with Crippen molar-refractivity contribution in [1.29, 1.82) is 0 Å². The fourth-order valence-electron chi connectivity index (χ4n) is 2.13. The summed E-state index contributed by atoms with van der Waals surface area (Å²) in [6.07, 6.45) is 1.88. The van der Waals surface area contributed by atoms with Gasteiger partial charge in [-0.25, -0.2) is 14.6 Å². The van der Waals surface area contributed by atoms with Crippen LogP contribution in [0.2, 0.25) is 0 Å². The summed E-state index contributed by atoms with van der Waals surface area (Å²) >= 11 is 0. The molecule has 0 atom stereocenters. The van der Waals surface area contributed by atoms with Gasteiger partial charge in [0.15, 0.2) is 0 Å². The predicted molar refractivity (Wildman–Crippen MR) is 80.2 cm³/mol. The van der Waals surface area contributed by atoms with Gasteiger partial charge in [0, 0.05) is 18.2 Å². The molecule has 1 N–H and O–H groups in total. The summed E-state index contributed by atoms with van der Waals surface area (Å²) in [6, 6.07) is 0. The molecule has 0 aliphatic rings. The number of aromatic nitrogens is 4. The van der Waals surface area contributed by atoms with E-state index in [-0.39, 0.29) is 0 Å². The number of nitrogens with zero attached hydrogens (tertiary/aromatic N) is 4. The highest BCUT2D eigenvalue weighted by molar-refractivity contribution is 5.38. The fourth-order valence-corrected chi connectivity index (χ4v) is 2.13. The summed E-state index contributed by atoms with van der Waals surface area (Å²) < 4.78 is 1.95. The normalized spacial score (nSPS) is 11.3. The minimum Gasteiger partial charge on any atom is -0.314 e. The molecule has 0 radical (unpaired) electrons. The highest BCUT2D eigenvalue weighted by atomic mass is 15.3. The Morgan fingerprint density at radius 3 is 2.45 bits per heavy atom. The number of nitrogens with one attached hydrogen (secondary N) is 1. The van der Waals surface area contributed by atoms with Crippen LogP contribution >= 0.6 is 0 Å². The van der Waals surface area contributed by atoms with Crippen molar-refractivity contribution >= 4 is 0 Å². The highest BCUT2D eigenvalue weighted by Crippen LogP contribution is 2.20. The molecule has 2 aromatic heterocycles. The highest BCUT2D eigenvalue weighted by Gasteiger charge is 2.15. The van der Waals surface area contributed by atoms with Crippen molar-refractivity contribution in [1.82, 2.24) is 25.1 Å². The Hall–Kier alpha value is -1.75. The van der Waals surface area contributed by atoms with Crippen LogP contribution in [0.3, 0.4) is 0 Å². The van der Waals surface area contributed by atoms with E-state index in [1.807, 2.05) is 24.9 Å². The lowest BCUT2D eigenvalue weighted by atomic mass is 10.2. The van der Waals surface area contributed by atoms with Gasteiger partial charge in [-0.15, -0.1) is 0 Å². The van der Waals surface area contributed by atoms with Crippen LogP contribution in [0.1, 0.15) is 48.2 Å². The molecule has 0 spiro atoms. The molecule has 0 amide bonds. The molecule has 108 valence electrons. The molecule has 0 saturated carbocycles. The van der Waals surface area contributed by atoms with Gasteiger partial charge in [0.1, 0.15) is 11.5 Å². The van der Waals surface area contributed by atoms with E-state index in [4.69, 9.17) is 0 Å². The van der Waals surface area contributed by atoms with E-state index in [2.05, 4.69) is 48.1 Å². The Morgan fingerprint density at radius 2 is 1.95 bits per heavy atom. The van der Waals surface area contributed by atoms with Gasteiger partial charge >= 0.3 is 0 Å². The topological polar surface area (TPSA) is 55.6 Å². The van der Waals surface area contributed by atoms with Gasteiger partial charge in [-0.05, 0) is 33.4 Å². The average Bonchev–Trinajstić information content (AvgIpc) is 2.67. The molecule has 0 aliphatic carbocycles. The van der Waals surface area contributed by atoms with Crippen molar-refractivity contribution in [2.24, 2.45) is 0 Å². The third-order valence-electron chi connectivity index (χ3n) is 3.61. The third kappa shape index (κ3) is 2.58. The maximum absolute atomic E-state index is 4.68. The van der Waals surface area contributed by atoms with Crippen LogP contribution in [0.4, 0.5) is 0 Å². The number of hydrogen-bond donors (Lipinski definition) is 1. The molecule has 2 rings (SSSR count). The van der Waals surface area contributed by atoms with Crippen molar-refractivity contribution in [2.45, 2.75) is 47.1 Å². The lowest BCUT2D eigenvalue weighted by Crippen LogP contribution is -2.15. The van der Waals surface area contributed by atoms with Gasteiger partial charge in [-0.3, -0.25) is 0 Å². The van der Waals surface area contributed by atoms with Gasteiger partial charge in [-0.2, -0.15) is 5.10 Å². The molecule has 2 heterocycles. The molecule has 0 bridgehead atoms. The first-order valence-corrected chi connectivity index (χ1v) is 6.99. The Balaban J connectivity index is 2.57. The lowest BCUT2D eigenvalue weighted by molar-refractivity contribution is 0.702. The molecule has 5 heteroatoms. The molecule has 20 heavy (non-hydrogen) atoms. The number of hydrogen-bond acceptors (Lipinski definition) is 4. The number of aryl methyl sites for hydroxylation is 1. The first kappa shape index (κ1) is 14.7. The monoisotopic (exact) mass is 273 g/mol. The molecule has 5 nitrogen and oxygen atoms in total. The van der Waals surface area contributed by atoms with Crippen LogP contribution in [0.25, 0.3) is 5.69 Å². The standard InChI is InChI=1S/C15H23N5/c1-9(2)15-17-8-14(13(18-15)7-16-6)20-12(5)10(3)11(4)19-20/h8-9,16H,7H2,1-6H3. The van der Waals surface area contributed by atoms with E-state index in [0.29, 0.717) is 12.5 Å². The molecule has 0 fully saturated rings. The van der Waals surface area contributed by atoms with Gasteiger partial charge in [0.2, 0.25) is 0 Å². The zero-order valence-corrected chi connectivity index (χ0v) is 13.2. The van der Waals surface area contributed by atoms with E-state index in [1.165, 1.54) is 5.56 Å². The third-order valence-corrected chi connectivity index (χ3v) is 3.61. The maximum atomic E-state index is 4.68. The largest absolute Gasteiger partial charge is 0.314 e. The SMILES string of the molecule is CNCc1nc(C(C)C)ncc1-n1nc(C)c(C)c1C. The van der Waals surface area contributed by atoms with Crippen LogP contribution in [-0.2, 0) is 6.54 Å². The quantitative estimate of drug-likeness (QED) is 0.929. The summed E-state index contributed by atoms with van der Waals surface area (Å²) in [5.74, 6) is 1.19. The minimum atomic E-state index is 0.321. The van der Waals surface area contributed by atoms with Gasteiger partial charge in [-0.1, -0.05) is 13.8 Å². The van der Waals surface area contributed by atoms with Gasteiger partial charge in [0.25, 0.3) is 0 Å². The summed E-state index contributed by atoms with van der Waals surface area (Å²) in [5.41, 5.74) is 5.34. The molecule has 0 unspecified atom stereocenters. The van der Waals surface area contributed by atoms with E-state index in [9.17, 15) is 0 Å². The van der Waals surface area contributed by atoms with Gasteiger partial charge < -0.3 is 5.32 Å². The maximum Gasteiger partial charge on any atom is 0.131 e. The van der Waals surface area contributed by atoms with Gasteiger partial charge in [0.05, 0.1) is 17.6 Å². The molecule has 0 aromatic carbocycles. The Kier molecular flexibility index (Phi) is 4.18. The lowest BCUT2D eigenvalue weighted by Gasteiger charge is -2.13. The van der Waals surface area contributed by atoms with Crippen LogP contribution < -0.4 is 5.32 Å². The van der Waals surface area contributed by atoms with Crippen LogP contribution in [0.15, 0.2) is 6.20 Å². The first-order valence-electron chi connectivity index (χ1n) is 6.99. The molecular formula is C15H23N5. The smallest absolute Gasteiger partial charge is 0.131 e. The second-order valence-corrected chi connectivity index (χ2v) is 5.45. The summed E-state index contributed by atoms with van der Waals surface area (Å²) in [5, 5.41) is 7.78. The Labute approximate surface area is 120 Å². The van der Waals surface area contributed by atoms with Crippen molar-refractivity contribution in [3.63, 3.8) is 0 Å². The Morgan fingerprint density at radius 1 is 1.25 bits per heavy atom. The molecular weight excluding hydrogens is 250 g/mol. The number of rotatable bonds is 4. The predicted octanol–water partition coefficient (Wildman–Crippen LogP) is 2.43.